The third-order valence-electron chi connectivity index (χ3n) is 3.33. The molecule has 1 aromatic rings. The molecule has 0 aliphatic carbocycles. The van der Waals surface area contributed by atoms with Gasteiger partial charge < -0.3 is 15.4 Å². The quantitative estimate of drug-likeness (QED) is 0.887. The molecule has 0 aromatic carbocycles. The molecule has 1 saturated heterocycles. The smallest absolute Gasteiger partial charge is 0.138 e. The number of anilines is 2. The minimum Gasteiger partial charge on any atom is -0.381 e. The van der Waals surface area contributed by atoms with E-state index in [4.69, 9.17) is 4.74 Å². The summed E-state index contributed by atoms with van der Waals surface area (Å²) in [6, 6.07) is 2.44. The fraction of sp³-hybridized carbons (Fsp3) is 0.733. The molecule has 0 spiro atoms. The van der Waals surface area contributed by atoms with Crippen molar-refractivity contribution >= 4 is 11.6 Å². The van der Waals surface area contributed by atoms with Crippen molar-refractivity contribution in [2.45, 2.75) is 52.0 Å². The predicted octanol–water partition coefficient (Wildman–Crippen LogP) is 2.80. The molecule has 1 aromatic heterocycles. The topological polar surface area (TPSA) is 59.1 Å². The van der Waals surface area contributed by atoms with Crippen LogP contribution in [0.15, 0.2) is 6.07 Å². The number of hydrogen-bond acceptors (Lipinski definition) is 5. The zero-order valence-electron chi connectivity index (χ0n) is 13.0. The first kappa shape index (κ1) is 15.0. The Kier molecular flexibility index (Phi) is 4.81. The van der Waals surface area contributed by atoms with Crippen LogP contribution >= 0.6 is 0 Å². The van der Waals surface area contributed by atoms with Crippen molar-refractivity contribution < 1.29 is 4.74 Å². The van der Waals surface area contributed by atoms with E-state index in [1.807, 2.05) is 6.07 Å². The molecule has 0 saturated carbocycles. The van der Waals surface area contributed by atoms with E-state index in [-0.39, 0.29) is 5.41 Å². The summed E-state index contributed by atoms with van der Waals surface area (Å²) < 4.78 is 5.39. The van der Waals surface area contributed by atoms with Gasteiger partial charge in [-0.1, -0.05) is 20.8 Å². The summed E-state index contributed by atoms with van der Waals surface area (Å²) in [4.78, 5) is 9.28. The summed E-state index contributed by atoms with van der Waals surface area (Å²) in [7, 11) is 0. The highest BCUT2D eigenvalue weighted by Gasteiger charge is 2.20. The van der Waals surface area contributed by atoms with Crippen molar-refractivity contribution in [3.63, 3.8) is 0 Å². The number of nitrogens with zero attached hydrogens (tertiary/aromatic N) is 2. The van der Waals surface area contributed by atoms with E-state index in [1.165, 1.54) is 0 Å². The number of aromatic nitrogens is 2. The molecule has 1 fully saturated rings. The normalized spacial score (nSPS) is 17.0. The van der Waals surface area contributed by atoms with Gasteiger partial charge in [0.1, 0.15) is 17.5 Å². The maximum absolute atomic E-state index is 5.39. The van der Waals surface area contributed by atoms with E-state index < -0.39 is 0 Å². The van der Waals surface area contributed by atoms with Crippen molar-refractivity contribution in [3.8, 4) is 0 Å². The van der Waals surface area contributed by atoms with Gasteiger partial charge in [-0.3, -0.25) is 0 Å². The largest absolute Gasteiger partial charge is 0.381 e. The van der Waals surface area contributed by atoms with E-state index >= 15 is 0 Å². The van der Waals surface area contributed by atoms with E-state index in [0.29, 0.717) is 6.04 Å². The summed E-state index contributed by atoms with van der Waals surface area (Å²) in [6.45, 7) is 11.0. The Morgan fingerprint density at radius 3 is 2.45 bits per heavy atom. The molecule has 0 amide bonds. The second kappa shape index (κ2) is 6.39. The Hall–Kier alpha value is -1.36. The van der Waals surface area contributed by atoms with Crippen LogP contribution in [0.25, 0.3) is 0 Å². The Labute approximate surface area is 121 Å². The van der Waals surface area contributed by atoms with Gasteiger partial charge in [-0.05, 0) is 19.8 Å². The Balaban J connectivity index is 2.19. The van der Waals surface area contributed by atoms with E-state index in [0.717, 1.165) is 50.1 Å². The lowest BCUT2D eigenvalue weighted by Crippen LogP contribution is -2.29. The van der Waals surface area contributed by atoms with Gasteiger partial charge in [-0.2, -0.15) is 0 Å². The van der Waals surface area contributed by atoms with Crippen molar-refractivity contribution in [3.05, 3.63) is 11.9 Å². The number of hydrogen-bond donors (Lipinski definition) is 2. The van der Waals surface area contributed by atoms with Gasteiger partial charge in [0, 0.05) is 37.3 Å². The van der Waals surface area contributed by atoms with Crippen LogP contribution in [-0.2, 0) is 10.2 Å². The maximum atomic E-state index is 5.39. The minimum absolute atomic E-state index is 0.0580. The Bertz CT molecular complexity index is 436. The van der Waals surface area contributed by atoms with Crippen molar-refractivity contribution in [2.24, 2.45) is 0 Å². The van der Waals surface area contributed by atoms with Crippen LogP contribution in [0.3, 0.4) is 0 Å². The van der Waals surface area contributed by atoms with Crippen LogP contribution in [0.1, 0.15) is 46.4 Å². The van der Waals surface area contributed by atoms with E-state index in [1.54, 1.807) is 0 Å². The van der Waals surface area contributed by atoms with Gasteiger partial charge in [-0.15, -0.1) is 0 Å². The zero-order chi connectivity index (χ0) is 14.6. The molecule has 2 rings (SSSR count). The summed E-state index contributed by atoms with van der Waals surface area (Å²) >= 11 is 0. The van der Waals surface area contributed by atoms with Gasteiger partial charge in [0.2, 0.25) is 0 Å². The first-order valence-electron chi connectivity index (χ1n) is 7.46. The van der Waals surface area contributed by atoms with Crippen molar-refractivity contribution in [2.75, 3.05) is 30.4 Å². The fourth-order valence-electron chi connectivity index (χ4n) is 2.18. The summed E-state index contributed by atoms with van der Waals surface area (Å²) in [6.07, 6.45) is 2.07. The zero-order valence-corrected chi connectivity index (χ0v) is 13.0. The third kappa shape index (κ3) is 4.07. The van der Waals surface area contributed by atoms with Gasteiger partial charge in [0.15, 0.2) is 0 Å². The third-order valence-corrected chi connectivity index (χ3v) is 3.33. The highest BCUT2D eigenvalue weighted by Crippen LogP contribution is 2.23. The standard InChI is InChI=1S/C15H26N4O/c1-5-16-12-10-13(17-11-6-8-20-9-7-11)19-14(18-12)15(2,3)4/h10-11H,5-9H2,1-4H3,(H2,16,17,18,19). The van der Waals surface area contributed by atoms with Crippen molar-refractivity contribution in [1.82, 2.24) is 9.97 Å². The second-order valence-electron chi connectivity index (χ2n) is 6.27. The Morgan fingerprint density at radius 1 is 1.20 bits per heavy atom. The maximum Gasteiger partial charge on any atom is 0.138 e. The molecule has 1 aliphatic heterocycles. The number of ether oxygens (including phenoxy) is 1. The lowest BCUT2D eigenvalue weighted by atomic mass is 9.96. The molecule has 2 heterocycles. The van der Waals surface area contributed by atoms with Crippen LogP contribution in [0.4, 0.5) is 11.6 Å². The average molecular weight is 278 g/mol. The van der Waals surface area contributed by atoms with Crippen molar-refractivity contribution in [1.29, 1.82) is 0 Å². The van der Waals surface area contributed by atoms with Gasteiger partial charge in [-0.25, -0.2) is 9.97 Å². The molecule has 0 radical (unpaired) electrons. The van der Waals surface area contributed by atoms with Gasteiger partial charge in [0.25, 0.3) is 0 Å². The molecular formula is C15H26N4O. The van der Waals surface area contributed by atoms with Crippen LogP contribution < -0.4 is 10.6 Å². The minimum atomic E-state index is -0.0580. The summed E-state index contributed by atoms with van der Waals surface area (Å²) in [5.41, 5.74) is -0.0580. The monoisotopic (exact) mass is 278 g/mol. The summed E-state index contributed by atoms with van der Waals surface area (Å²) in [5.74, 6) is 2.67. The first-order valence-corrected chi connectivity index (χ1v) is 7.46. The summed E-state index contributed by atoms with van der Waals surface area (Å²) in [5, 5.41) is 6.80. The average Bonchev–Trinajstić information content (AvgIpc) is 2.39. The molecule has 0 unspecified atom stereocenters. The molecule has 112 valence electrons. The predicted molar refractivity (Wildman–Crippen MR) is 82.4 cm³/mol. The van der Waals surface area contributed by atoms with Crippen LogP contribution in [0.2, 0.25) is 0 Å². The highest BCUT2D eigenvalue weighted by atomic mass is 16.5. The lowest BCUT2D eigenvalue weighted by molar-refractivity contribution is 0.0904. The first-order chi connectivity index (χ1) is 9.49. The van der Waals surface area contributed by atoms with E-state index in [2.05, 4.69) is 48.3 Å². The molecule has 2 N–H and O–H groups in total. The molecule has 20 heavy (non-hydrogen) atoms. The second-order valence-corrected chi connectivity index (χ2v) is 6.27. The van der Waals surface area contributed by atoms with Crippen LogP contribution in [0.5, 0.6) is 0 Å². The lowest BCUT2D eigenvalue weighted by Gasteiger charge is -2.25. The Morgan fingerprint density at radius 2 is 1.85 bits per heavy atom. The molecular weight excluding hydrogens is 252 g/mol. The SMILES string of the molecule is CCNc1cc(NC2CCOCC2)nc(C(C)(C)C)n1. The molecule has 5 nitrogen and oxygen atoms in total. The molecule has 5 heteroatoms. The van der Waals surface area contributed by atoms with Gasteiger partial charge >= 0.3 is 0 Å². The van der Waals surface area contributed by atoms with Crippen LogP contribution in [0, 0.1) is 0 Å². The molecule has 1 aliphatic rings. The van der Waals surface area contributed by atoms with E-state index in [9.17, 15) is 0 Å². The number of nitrogens with one attached hydrogen (secondary N) is 2. The number of rotatable bonds is 4. The molecule has 0 bridgehead atoms. The fourth-order valence-corrected chi connectivity index (χ4v) is 2.18. The molecule has 0 atom stereocenters. The van der Waals surface area contributed by atoms with Crippen LogP contribution in [-0.4, -0.2) is 35.8 Å². The highest BCUT2D eigenvalue weighted by molar-refractivity contribution is 5.48. The van der Waals surface area contributed by atoms with Gasteiger partial charge in [0.05, 0.1) is 0 Å².